The van der Waals surface area contributed by atoms with Gasteiger partial charge in [-0.15, -0.1) is 0 Å². The van der Waals surface area contributed by atoms with E-state index in [-0.39, 0.29) is 5.54 Å². The molecule has 0 saturated heterocycles. The van der Waals surface area contributed by atoms with Gasteiger partial charge in [0, 0.05) is 5.54 Å². The molecule has 100 valence electrons. The summed E-state index contributed by atoms with van der Waals surface area (Å²) in [6.07, 6.45) is 10.2. The van der Waals surface area contributed by atoms with Crippen LogP contribution in [-0.4, -0.2) is 5.54 Å². The summed E-state index contributed by atoms with van der Waals surface area (Å²) in [5.41, 5.74) is 8.25. The molecule has 2 atom stereocenters. The predicted molar refractivity (Wildman–Crippen MR) is 78.5 cm³/mol. The molecular formula is C17H27N. The molecule has 0 aromatic heterocycles. The Balaban J connectivity index is 1.84. The lowest BCUT2D eigenvalue weighted by Crippen LogP contribution is -2.49. The molecule has 1 saturated carbocycles. The highest BCUT2D eigenvalue weighted by Crippen LogP contribution is 2.37. The quantitative estimate of drug-likeness (QED) is 0.822. The number of rotatable bonds is 5. The second-order valence-electron chi connectivity index (χ2n) is 5.92. The predicted octanol–water partition coefficient (Wildman–Crippen LogP) is 4.31. The standard InChI is InChI=1S/C17H27N/c1-2-16-12-6-7-13-17(16,18)14-8-11-15-9-4-3-5-10-15/h3-5,9-10,16H,2,6-8,11-14,18H2,1H3. The monoisotopic (exact) mass is 245 g/mol. The summed E-state index contributed by atoms with van der Waals surface area (Å²) in [7, 11) is 0. The molecule has 0 radical (unpaired) electrons. The molecule has 0 bridgehead atoms. The molecule has 1 nitrogen and oxygen atoms in total. The van der Waals surface area contributed by atoms with Crippen molar-refractivity contribution < 1.29 is 0 Å². The third-order valence-corrected chi connectivity index (χ3v) is 4.70. The van der Waals surface area contributed by atoms with Crippen LogP contribution in [0.2, 0.25) is 0 Å². The Kier molecular flexibility index (Phi) is 4.82. The minimum Gasteiger partial charge on any atom is -0.325 e. The van der Waals surface area contributed by atoms with E-state index in [9.17, 15) is 0 Å². The van der Waals surface area contributed by atoms with E-state index in [1.807, 2.05) is 0 Å². The van der Waals surface area contributed by atoms with Gasteiger partial charge in [-0.1, -0.05) is 56.5 Å². The summed E-state index contributed by atoms with van der Waals surface area (Å²) < 4.78 is 0. The summed E-state index contributed by atoms with van der Waals surface area (Å²) in [5.74, 6) is 0.752. The molecule has 0 spiro atoms. The Morgan fingerprint density at radius 3 is 2.72 bits per heavy atom. The first-order chi connectivity index (χ1) is 8.74. The van der Waals surface area contributed by atoms with Crippen molar-refractivity contribution in [2.24, 2.45) is 11.7 Å². The summed E-state index contributed by atoms with van der Waals surface area (Å²) in [4.78, 5) is 0. The van der Waals surface area contributed by atoms with E-state index in [2.05, 4.69) is 37.3 Å². The molecule has 1 aromatic carbocycles. The van der Waals surface area contributed by atoms with Crippen LogP contribution in [0.4, 0.5) is 0 Å². The molecule has 0 heterocycles. The van der Waals surface area contributed by atoms with Crippen molar-refractivity contribution in [3.63, 3.8) is 0 Å². The summed E-state index contributed by atoms with van der Waals surface area (Å²) in [6.45, 7) is 2.30. The number of aryl methyl sites for hydroxylation is 1. The third-order valence-electron chi connectivity index (χ3n) is 4.70. The Hall–Kier alpha value is -0.820. The molecule has 2 N–H and O–H groups in total. The Bertz CT molecular complexity index is 346. The van der Waals surface area contributed by atoms with Crippen molar-refractivity contribution in [1.82, 2.24) is 0 Å². The highest BCUT2D eigenvalue weighted by Gasteiger charge is 2.35. The third kappa shape index (κ3) is 3.35. The van der Waals surface area contributed by atoms with Crippen LogP contribution in [-0.2, 0) is 6.42 Å². The van der Waals surface area contributed by atoms with Gasteiger partial charge in [0.1, 0.15) is 0 Å². The first kappa shape index (κ1) is 13.6. The molecule has 1 aliphatic carbocycles. The van der Waals surface area contributed by atoms with Crippen molar-refractivity contribution >= 4 is 0 Å². The van der Waals surface area contributed by atoms with Crippen LogP contribution < -0.4 is 5.73 Å². The number of nitrogens with two attached hydrogens (primary N) is 1. The Labute approximate surface area is 112 Å². The fraction of sp³-hybridized carbons (Fsp3) is 0.647. The molecule has 0 amide bonds. The van der Waals surface area contributed by atoms with Crippen LogP contribution in [0.3, 0.4) is 0 Å². The van der Waals surface area contributed by atoms with Gasteiger partial charge in [0.05, 0.1) is 0 Å². The topological polar surface area (TPSA) is 26.0 Å². The normalized spacial score (nSPS) is 28.2. The maximum Gasteiger partial charge on any atom is 0.0182 e. The van der Waals surface area contributed by atoms with E-state index in [1.165, 1.54) is 56.9 Å². The molecule has 1 fully saturated rings. The van der Waals surface area contributed by atoms with E-state index < -0.39 is 0 Å². The van der Waals surface area contributed by atoms with Crippen molar-refractivity contribution in [3.05, 3.63) is 35.9 Å². The van der Waals surface area contributed by atoms with Gasteiger partial charge in [-0.2, -0.15) is 0 Å². The van der Waals surface area contributed by atoms with Crippen molar-refractivity contribution in [2.45, 2.75) is 63.8 Å². The van der Waals surface area contributed by atoms with E-state index in [0.717, 1.165) is 5.92 Å². The van der Waals surface area contributed by atoms with Gasteiger partial charge in [-0.25, -0.2) is 0 Å². The van der Waals surface area contributed by atoms with Crippen LogP contribution in [0.1, 0.15) is 57.4 Å². The van der Waals surface area contributed by atoms with Crippen molar-refractivity contribution in [2.75, 3.05) is 0 Å². The van der Waals surface area contributed by atoms with Crippen LogP contribution in [0.15, 0.2) is 30.3 Å². The number of benzene rings is 1. The SMILES string of the molecule is CCC1CCCCC1(N)CCCc1ccccc1. The molecule has 0 aliphatic heterocycles. The van der Waals surface area contributed by atoms with Crippen LogP contribution in [0.25, 0.3) is 0 Å². The van der Waals surface area contributed by atoms with Gasteiger partial charge in [0.2, 0.25) is 0 Å². The lowest BCUT2D eigenvalue weighted by molar-refractivity contribution is 0.168. The fourth-order valence-electron chi connectivity index (χ4n) is 3.54. The van der Waals surface area contributed by atoms with Crippen molar-refractivity contribution in [1.29, 1.82) is 0 Å². The first-order valence-electron chi connectivity index (χ1n) is 7.57. The number of hydrogen-bond donors (Lipinski definition) is 1. The van der Waals surface area contributed by atoms with Gasteiger partial charge >= 0.3 is 0 Å². The molecule has 1 aromatic rings. The smallest absolute Gasteiger partial charge is 0.0182 e. The molecular weight excluding hydrogens is 218 g/mol. The zero-order chi connectivity index (χ0) is 12.8. The van der Waals surface area contributed by atoms with Gasteiger partial charge in [0.15, 0.2) is 0 Å². The molecule has 18 heavy (non-hydrogen) atoms. The lowest BCUT2D eigenvalue weighted by atomic mass is 9.69. The average molecular weight is 245 g/mol. The molecule has 1 heteroatoms. The summed E-state index contributed by atoms with van der Waals surface area (Å²) in [6, 6.07) is 10.8. The van der Waals surface area contributed by atoms with Crippen LogP contribution >= 0.6 is 0 Å². The first-order valence-corrected chi connectivity index (χ1v) is 7.57. The van der Waals surface area contributed by atoms with E-state index in [0.29, 0.717) is 0 Å². The molecule has 2 unspecified atom stereocenters. The minimum absolute atomic E-state index is 0.127. The average Bonchev–Trinajstić information content (AvgIpc) is 2.40. The summed E-state index contributed by atoms with van der Waals surface area (Å²) in [5, 5.41) is 0. The Morgan fingerprint density at radius 2 is 2.00 bits per heavy atom. The van der Waals surface area contributed by atoms with E-state index in [4.69, 9.17) is 5.73 Å². The van der Waals surface area contributed by atoms with Crippen LogP contribution in [0.5, 0.6) is 0 Å². The summed E-state index contributed by atoms with van der Waals surface area (Å²) >= 11 is 0. The van der Waals surface area contributed by atoms with Gasteiger partial charge in [-0.05, 0) is 43.6 Å². The lowest BCUT2D eigenvalue weighted by Gasteiger charge is -2.41. The highest BCUT2D eigenvalue weighted by molar-refractivity contribution is 5.14. The van der Waals surface area contributed by atoms with Gasteiger partial charge in [0.25, 0.3) is 0 Å². The highest BCUT2D eigenvalue weighted by atomic mass is 14.8. The molecule has 2 rings (SSSR count). The zero-order valence-corrected chi connectivity index (χ0v) is 11.7. The second-order valence-corrected chi connectivity index (χ2v) is 5.92. The van der Waals surface area contributed by atoms with Crippen molar-refractivity contribution in [3.8, 4) is 0 Å². The Morgan fingerprint density at radius 1 is 1.22 bits per heavy atom. The zero-order valence-electron chi connectivity index (χ0n) is 11.7. The number of hydrogen-bond acceptors (Lipinski definition) is 1. The maximum absolute atomic E-state index is 6.68. The molecule has 1 aliphatic rings. The van der Waals surface area contributed by atoms with E-state index in [1.54, 1.807) is 0 Å². The second kappa shape index (κ2) is 6.38. The van der Waals surface area contributed by atoms with Gasteiger partial charge in [-0.3, -0.25) is 0 Å². The maximum atomic E-state index is 6.68. The van der Waals surface area contributed by atoms with E-state index >= 15 is 0 Å². The van der Waals surface area contributed by atoms with Gasteiger partial charge < -0.3 is 5.73 Å². The van der Waals surface area contributed by atoms with Crippen LogP contribution in [0, 0.1) is 5.92 Å². The fourth-order valence-corrected chi connectivity index (χ4v) is 3.54. The largest absolute Gasteiger partial charge is 0.325 e. The minimum atomic E-state index is 0.127.